The van der Waals surface area contributed by atoms with Crippen molar-refractivity contribution in [3.05, 3.63) is 0 Å². The fraction of sp³-hybridized carbons (Fsp3) is 1.00. The first-order valence-corrected chi connectivity index (χ1v) is 4.64. The van der Waals surface area contributed by atoms with Crippen LogP contribution in [0.3, 0.4) is 0 Å². The van der Waals surface area contributed by atoms with E-state index in [4.69, 9.17) is 0 Å². The Morgan fingerprint density at radius 3 is 2.43 bits per heavy atom. The first-order chi connectivity index (χ1) is 3.31. The van der Waals surface area contributed by atoms with Crippen molar-refractivity contribution in [2.75, 3.05) is 12.4 Å². The molecule has 0 aromatic heterocycles. The lowest BCUT2D eigenvalue weighted by Crippen LogP contribution is -1.93. The maximum absolute atomic E-state index is 2.74. The number of hydrogen-bond donors (Lipinski definition) is 0. The first-order valence-electron chi connectivity index (χ1n) is 2.54. The summed E-state index contributed by atoms with van der Waals surface area (Å²) in [5.41, 5.74) is 0. The molecular weight excluding hydrogens is 123 g/mol. The minimum Gasteiger partial charge on any atom is -0.162 e. The quantitative estimate of drug-likeness (QED) is 0.535. The third kappa shape index (κ3) is 4.64. The van der Waals surface area contributed by atoms with Crippen molar-refractivity contribution in [2.24, 2.45) is 0 Å². The van der Waals surface area contributed by atoms with Crippen molar-refractivity contribution in [1.82, 2.24) is 0 Å². The summed E-state index contributed by atoms with van der Waals surface area (Å²) in [7, 11) is 2.74. The van der Waals surface area contributed by atoms with Crippen molar-refractivity contribution in [2.45, 2.75) is 18.6 Å². The van der Waals surface area contributed by atoms with Gasteiger partial charge >= 0.3 is 0 Å². The van der Waals surface area contributed by atoms with Crippen LogP contribution in [0.1, 0.15) is 13.3 Å². The predicted octanol–water partition coefficient (Wildman–Crippen LogP) is 2.00. The van der Waals surface area contributed by atoms with E-state index in [0.29, 0.717) is 0 Å². The van der Waals surface area contributed by atoms with E-state index >= 15 is 0 Å². The van der Waals surface area contributed by atoms with Crippen LogP contribution in [0.4, 0.5) is 0 Å². The highest BCUT2D eigenvalue weighted by atomic mass is 32.2. The number of thioether (sulfide) groups is 1. The Morgan fingerprint density at radius 1 is 1.71 bits per heavy atom. The molecule has 0 radical (unpaired) electrons. The summed E-state index contributed by atoms with van der Waals surface area (Å²) >= 11 is 1.94. The molecule has 0 aliphatic rings. The zero-order chi connectivity index (χ0) is 5.70. The molecule has 7 heavy (non-hydrogen) atoms. The Morgan fingerprint density at radius 2 is 2.29 bits per heavy atom. The highest BCUT2D eigenvalue weighted by Gasteiger charge is 1.93. The molecule has 0 saturated carbocycles. The van der Waals surface area contributed by atoms with Gasteiger partial charge in [-0.25, -0.2) is 0 Å². The third-order valence-electron chi connectivity index (χ3n) is 0.976. The zero-order valence-corrected chi connectivity index (χ0v) is 6.95. The summed E-state index contributed by atoms with van der Waals surface area (Å²) in [5.74, 6) is 0. The van der Waals surface area contributed by atoms with Crippen LogP contribution in [0.25, 0.3) is 0 Å². The van der Waals surface area contributed by atoms with Gasteiger partial charge in [0, 0.05) is 5.25 Å². The molecule has 0 saturated heterocycles. The topological polar surface area (TPSA) is 0 Å². The highest BCUT2D eigenvalue weighted by Crippen LogP contribution is 2.09. The molecule has 0 heterocycles. The van der Waals surface area contributed by atoms with Gasteiger partial charge in [-0.1, -0.05) is 6.92 Å². The second-order valence-corrected chi connectivity index (χ2v) is 3.48. The molecule has 0 rings (SSSR count). The lowest BCUT2D eigenvalue weighted by atomic mass is 10.4. The zero-order valence-electron chi connectivity index (χ0n) is 4.98. The van der Waals surface area contributed by atoms with Crippen molar-refractivity contribution < 1.29 is 0 Å². The van der Waals surface area contributed by atoms with Crippen LogP contribution in [0.2, 0.25) is 0 Å². The lowest BCUT2D eigenvalue weighted by Gasteiger charge is -2.02. The Hall–Kier alpha value is 0.780. The maximum Gasteiger partial charge on any atom is 0.00191 e. The minimum atomic E-state index is 0.845. The summed E-state index contributed by atoms with van der Waals surface area (Å²) in [6, 6.07) is 0. The number of rotatable bonds is 3. The van der Waals surface area contributed by atoms with E-state index in [1.54, 1.807) is 0 Å². The van der Waals surface area contributed by atoms with Gasteiger partial charge in [0.1, 0.15) is 0 Å². The van der Waals surface area contributed by atoms with Gasteiger partial charge in [0.05, 0.1) is 0 Å². The molecule has 0 aliphatic carbocycles. The average molecular weight is 136 g/mol. The van der Waals surface area contributed by atoms with E-state index in [0.717, 1.165) is 5.25 Å². The van der Waals surface area contributed by atoms with Crippen LogP contribution >= 0.6 is 21.0 Å². The first kappa shape index (κ1) is 7.78. The van der Waals surface area contributed by atoms with Gasteiger partial charge in [-0.05, 0) is 18.8 Å². The second kappa shape index (κ2) is 4.93. The van der Waals surface area contributed by atoms with Crippen molar-refractivity contribution in [3.8, 4) is 0 Å². The largest absolute Gasteiger partial charge is 0.162 e. The fourth-order valence-electron chi connectivity index (χ4n) is 0.353. The highest BCUT2D eigenvalue weighted by molar-refractivity contribution is 7.99. The van der Waals surface area contributed by atoms with Crippen molar-refractivity contribution >= 4 is 21.0 Å². The Kier molecular flexibility index (Phi) is 5.48. The molecule has 0 bridgehead atoms. The summed E-state index contributed by atoms with van der Waals surface area (Å²) in [6.45, 7) is 2.26. The molecule has 0 fully saturated rings. The molecule has 44 valence electrons. The summed E-state index contributed by atoms with van der Waals surface area (Å²) < 4.78 is 0. The van der Waals surface area contributed by atoms with Crippen LogP contribution < -0.4 is 0 Å². The van der Waals surface area contributed by atoms with E-state index in [1.807, 2.05) is 11.8 Å². The van der Waals surface area contributed by atoms with Crippen LogP contribution in [-0.4, -0.2) is 17.7 Å². The van der Waals surface area contributed by atoms with Crippen LogP contribution in [-0.2, 0) is 0 Å². The van der Waals surface area contributed by atoms with Gasteiger partial charge in [-0.15, -0.1) is 9.24 Å². The van der Waals surface area contributed by atoms with Crippen molar-refractivity contribution in [1.29, 1.82) is 0 Å². The van der Waals surface area contributed by atoms with Crippen molar-refractivity contribution in [3.63, 3.8) is 0 Å². The van der Waals surface area contributed by atoms with E-state index in [-0.39, 0.29) is 0 Å². The van der Waals surface area contributed by atoms with E-state index in [1.165, 1.54) is 12.6 Å². The summed E-state index contributed by atoms with van der Waals surface area (Å²) in [6.07, 6.45) is 4.72. The van der Waals surface area contributed by atoms with Crippen LogP contribution in [0, 0.1) is 0 Å². The minimum absolute atomic E-state index is 0.845. The molecule has 0 amide bonds. The third-order valence-corrected chi connectivity index (χ3v) is 2.35. The predicted molar refractivity (Wildman–Crippen MR) is 42.2 cm³/mol. The SMILES string of the molecule is CSC(C)CCP. The van der Waals surface area contributed by atoms with Gasteiger partial charge in [0.2, 0.25) is 0 Å². The van der Waals surface area contributed by atoms with E-state index in [2.05, 4.69) is 22.4 Å². The molecule has 2 unspecified atom stereocenters. The molecule has 0 spiro atoms. The van der Waals surface area contributed by atoms with Gasteiger partial charge in [-0.2, -0.15) is 11.8 Å². The van der Waals surface area contributed by atoms with Gasteiger partial charge < -0.3 is 0 Å². The number of hydrogen-bond acceptors (Lipinski definition) is 1. The normalized spacial score (nSPS) is 14.1. The summed E-state index contributed by atoms with van der Waals surface area (Å²) in [4.78, 5) is 0. The van der Waals surface area contributed by atoms with Crippen LogP contribution in [0.15, 0.2) is 0 Å². The Balaban J connectivity index is 2.83. The molecule has 2 heteroatoms. The van der Waals surface area contributed by atoms with Gasteiger partial charge in [0.15, 0.2) is 0 Å². The Labute approximate surface area is 52.7 Å². The molecule has 0 nitrogen and oxygen atoms in total. The van der Waals surface area contributed by atoms with Gasteiger partial charge in [0.25, 0.3) is 0 Å². The maximum atomic E-state index is 2.74. The smallest absolute Gasteiger partial charge is 0.00191 e. The fourth-order valence-corrected chi connectivity index (χ4v) is 1.47. The van der Waals surface area contributed by atoms with Crippen LogP contribution in [0.5, 0.6) is 0 Å². The second-order valence-electron chi connectivity index (χ2n) is 1.62. The molecule has 0 aromatic carbocycles. The Bertz CT molecular complexity index is 39.1. The summed E-state index contributed by atoms with van der Waals surface area (Å²) in [5, 5.41) is 0.845. The van der Waals surface area contributed by atoms with Gasteiger partial charge in [-0.3, -0.25) is 0 Å². The average Bonchev–Trinajstić information content (AvgIpc) is 1.68. The standard InChI is InChI=1S/C5H13PS/c1-5(7-2)3-4-6/h5H,3-4,6H2,1-2H3. The molecule has 0 aromatic rings. The van der Waals surface area contributed by atoms with E-state index < -0.39 is 0 Å². The molecular formula is C5H13PS. The lowest BCUT2D eigenvalue weighted by molar-refractivity contribution is 0.920. The van der Waals surface area contributed by atoms with E-state index in [9.17, 15) is 0 Å². The monoisotopic (exact) mass is 136 g/mol. The molecule has 2 atom stereocenters. The molecule has 0 aliphatic heterocycles. The molecule has 0 N–H and O–H groups in total.